The van der Waals surface area contributed by atoms with Gasteiger partial charge in [0.1, 0.15) is 18.2 Å². The van der Waals surface area contributed by atoms with E-state index in [2.05, 4.69) is 0 Å². The van der Waals surface area contributed by atoms with E-state index in [1.165, 1.54) is 14.0 Å². The molecule has 0 aliphatic rings. The molecule has 0 aliphatic heterocycles. The number of esters is 1. The largest absolute Gasteiger partial charge is 0.457 e. The third kappa shape index (κ3) is 8.39. The van der Waals surface area contributed by atoms with E-state index in [-0.39, 0.29) is 6.54 Å². The molecule has 0 radical (unpaired) electrons. The summed E-state index contributed by atoms with van der Waals surface area (Å²) in [7, 11) is 1.41. The van der Waals surface area contributed by atoms with Crippen LogP contribution in [0.15, 0.2) is 0 Å². The quantitative estimate of drug-likeness (QED) is 0.587. The minimum atomic E-state index is -1.71. The third-order valence-corrected chi connectivity index (χ3v) is 2.76. The van der Waals surface area contributed by atoms with Crippen LogP contribution in [0.4, 0.5) is 4.79 Å². The van der Waals surface area contributed by atoms with Gasteiger partial charge < -0.3 is 14.4 Å². The Balaban J connectivity index is 4.31. The first-order valence-corrected chi connectivity index (χ1v) is 6.66. The average molecular weight is 335 g/mol. The Labute approximate surface area is 128 Å². The standard InChI is InChI=1S/C11H18Cl3NO4/c1-7(11(12,13)14)18-8(16)6-15(5)9(17)19-10(2,3)4/h7H,6H2,1-5H3/t7-/m1/s1. The van der Waals surface area contributed by atoms with Gasteiger partial charge in [-0.1, -0.05) is 34.8 Å². The summed E-state index contributed by atoms with van der Waals surface area (Å²) in [6, 6.07) is 0. The van der Waals surface area contributed by atoms with E-state index < -0.39 is 27.6 Å². The zero-order chi connectivity index (χ0) is 15.4. The molecule has 0 N–H and O–H groups in total. The molecule has 0 aromatic rings. The smallest absolute Gasteiger partial charge is 0.410 e. The predicted octanol–water partition coefficient (Wildman–Crippen LogP) is 3.16. The average Bonchev–Trinajstić information content (AvgIpc) is 2.12. The molecule has 19 heavy (non-hydrogen) atoms. The maximum absolute atomic E-state index is 11.6. The monoisotopic (exact) mass is 333 g/mol. The Hall–Kier alpha value is -0.390. The van der Waals surface area contributed by atoms with Crippen molar-refractivity contribution < 1.29 is 19.1 Å². The van der Waals surface area contributed by atoms with Crippen molar-refractivity contribution in [2.24, 2.45) is 0 Å². The number of rotatable bonds is 3. The van der Waals surface area contributed by atoms with Crippen LogP contribution in [0.1, 0.15) is 27.7 Å². The van der Waals surface area contributed by atoms with E-state index in [1.54, 1.807) is 20.8 Å². The summed E-state index contributed by atoms with van der Waals surface area (Å²) in [6.45, 7) is 6.32. The van der Waals surface area contributed by atoms with Gasteiger partial charge >= 0.3 is 12.1 Å². The number of halogens is 3. The summed E-state index contributed by atoms with van der Waals surface area (Å²) in [4.78, 5) is 24.2. The summed E-state index contributed by atoms with van der Waals surface area (Å²) < 4.78 is 8.25. The Morgan fingerprint density at radius 2 is 1.68 bits per heavy atom. The van der Waals surface area contributed by atoms with E-state index in [0.29, 0.717) is 0 Å². The normalized spacial score (nSPS) is 13.7. The van der Waals surface area contributed by atoms with Gasteiger partial charge in [-0.15, -0.1) is 0 Å². The molecule has 0 spiro atoms. The van der Waals surface area contributed by atoms with Crippen molar-refractivity contribution in [3.63, 3.8) is 0 Å². The summed E-state index contributed by atoms with van der Waals surface area (Å²) in [5.74, 6) is -0.688. The van der Waals surface area contributed by atoms with Crippen molar-refractivity contribution in [2.75, 3.05) is 13.6 Å². The van der Waals surface area contributed by atoms with Crippen LogP contribution in [0, 0.1) is 0 Å². The van der Waals surface area contributed by atoms with Crippen molar-refractivity contribution in [1.29, 1.82) is 0 Å². The van der Waals surface area contributed by atoms with Crippen LogP contribution in [-0.2, 0) is 14.3 Å². The van der Waals surface area contributed by atoms with Crippen molar-refractivity contribution in [1.82, 2.24) is 4.90 Å². The van der Waals surface area contributed by atoms with Gasteiger partial charge in [0.15, 0.2) is 0 Å². The number of carbonyl (C=O) groups excluding carboxylic acids is 2. The summed E-state index contributed by atoms with van der Waals surface area (Å²) in [6.07, 6.45) is -1.55. The lowest BCUT2D eigenvalue weighted by molar-refractivity contribution is -0.148. The van der Waals surface area contributed by atoms with Crippen LogP contribution in [-0.4, -0.2) is 46.1 Å². The molecule has 0 saturated heterocycles. The van der Waals surface area contributed by atoms with Gasteiger partial charge in [-0.3, -0.25) is 4.79 Å². The van der Waals surface area contributed by atoms with E-state index in [1.807, 2.05) is 0 Å². The van der Waals surface area contributed by atoms with Gasteiger partial charge in [0.05, 0.1) is 0 Å². The number of amides is 1. The number of alkyl halides is 3. The molecular formula is C11H18Cl3NO4. The fourth-order valence-corrected chi connectivity index (χ4v) is 1.03. The molecule has 0 unspecified atom stereocenters. The van der Waals surface area contributed by atoms with Crippen LogP contribution < -0.4 is 0 Å². The minimum Gasteiger partial charge on any atom is -0.457 e. The molecule has 0 heterocycles. The minimum absolute atomic E-state index is 0.292. The molecule has 1 amide bonds. The van der Waals surface area contributed by atoms with Gasteiger partial charge in [-0.05, 0) is 27.7 Å². The molecule has 0 rings (SSSR count). The van der Waals surface area contributed by atoms with Crippen molar-refractivity contribution >= 4 is 46.9 Å². The Morgan fingerprint density at radius 1 is 1.21 bits per heavy atom. The molecule has 112 valence electrons. The van der Waals surface area contributed by atoms with Crippen LogP contribution >= 0.6 is 34.8 Å². The molecule has 0 aromatic carbocycles. The zero-order valence-corrected chi connectivity index (χ0v) is 13.8. The first kappa shape index (κ1) is 18.6. The highest BCUT2D eigenvalue weighted by Crippen LogP contribution is 2.31. The molecule has 0 bridgehead atoms. The van der Waals surface area contributed by atoms with E-state index in [0.717, 1.165) is 4.90 Å². The number of ether oxygens (including phenoxy) is 2. The molecule has 5 nitrogen and oxygen atoms in total. The topological polar surface area (TPSA) is 55.8 Å². The van der Waals surface area contributed by atoms with Crippen LogP contribution in [0.25, 0.3) is 0 Å². The number of likely N-dealkylation sites (N-methyl/N-ethyl adjacent to an activating group) is 1. The summed E-state index contributed by atoms with van der Waals surface area (Å²) in [5.41, 5.74) is -0.639. The summed E-state index contributed by atoms with van der Waals surface area (Å²) in [5, 5.41) is 0. The van der Waals surface area contributed by atoms with Gasteiger partial charge in [0.25, 0.3) is 0 Å². The van der Waals surface area contributed by atoms with E-state index in [9.17, 15) is 9.59 Å². The Morgan fingerprint density at radius 3 is 2.05 bits per heavy atom. The lowest BCUT2D eigenvalue weighted by Gasteiger charge is -2.25. The second-order valence-corrected chi connectivity index (χ2v) is 7.38. The molecule has 8 heteroatoms. The van der Waals surface area contributed by atoms with Crippen LogP contribution in [0.5, 0.6) is 0 Å². The predicted molar refractivity (Wildman–Crippen MR) is 74.7 cm³/mol. The van der Waals surface area contributed by atoms with E-state index >= 15 is 0 Å². The fraction of sp³-hybridized carbons (Fsp3) is 0.818. The number of hydrogen-bond donors (Lipinski definition) is 0. The molecule has 0 fully saturated rings. The van der Waals surface area contributed by atoms with Crippen LogP contribution in [0.3, 0.4) is 0 Å². The number of hydrogen-bond acceptors (Lipinski definition) is 4. The fourth-order valence-electron chi connectivity index (χ4n) is 0.899. The van der Waals surface area contributed by atoms with Gasteiger partial charge in [-0.25, -0.2) is 4.79 Å². The highest BCUT2D eigenvalue weighted by molar-refractivity contribution is 6.68. The molecule has 0 aromatic heterocycles. The number of carbonyl (C=O) groups is 2. The maximum atomic E-state index is 11.6. The zero-order valence-electron chi connectivity index (χ0n) is 11.5. The SMILES string of the molecule is C[C@@H](OC(=O)CN(C)C(=O)OC(C)(C)C)C(Cl)(Cl)Cl. The van der Waals surface area contributed by atoms with E-state index in [4.69, 9.17) is 44.3 Å². The molecular weight excluding hydrogens is 316 g/mol. The Bertz CT molecular complexity index is 336. The van der Waals surface area contributed by atoms with Gasteiger partial charge in [-0.2, -0.15) is 0 Å². The van der Waals surface area contributed by atoms with Gasteiger partial charge in [0, 0.05) is 7.05 Å². The lowest BCUT2D eigenvalue weighted by Crippen LogP contribution is -2.39. The molecule has 0 saturated carbocycles. The molecule has 0 aliphatic carbocycles. The second kappa shape index (κ2) is 6.86. The second-order valence-electron chi connectivity index (χ2n) is 5.01. The van der Waals surface area contributed by atoms with Crippen molar-refractivity contribution in [3.05, 3.63) is 0 Å². The highest BCUT2D eigenvalue weighted by Gasteiger charge is 2.32. The van der Waals surface area contributed by atoms with Crippen LogP contribution in [0.2, 0.25) is 0 Å². The lowest BCUT2D eigenvalue weighted by atomic mass is 10.2. The first-order valence-electron chi connectivity index (χ1n) is 5.53. The maximum Gasteiger partial charge on any atom is 0.410 e. The third-order valence-electron chi connectivity index (χ3n) is 1.84. The summed E-state index contributed by atoms with van der Waals surface area (Å²) >= 11 is 16.7. The highest BCUT2D eigenvalue weighted by atomic mass is 35.6. The molecule has 1 atom stereocenters. The number of nitrogens with zero attached hydrogens (tertiary/aromatic N) is 1. The van der Waals surface area contributed by atoms with Crippen molar-refractivity contribution in [2.45, 2.75) is 43.2 Å². The Kier molecular flexibility index (Phi) is 6.72. The first-order chi connectivity index (χ1) is 8.33. The van der Waals surface area contributed by atoms with Gasteiger partial charge in [0.2, 0.25) is 3.79 Å². The van der Waals surface area contributed by atoms with Crippen molar-refractivity contribution in [3.8, 4) is 0 Å².